The van der Waals surface area contributed by atoms with Crippen molar-refractivity contribution in [3.63, 3.8) is 0 Å². The van der Waals surface area contributed by atoms with Crippen molar-refractivity contribution >= 4 is 6.29 Å². The number of phenolic OH excluding ortho intramolecular Hbond substituents is 5. The molecule has 0 atom stereocenters. The van der Waals surface area contributed by atoms with E-state index in [0.717, 1.165) is 50.1 Å². The Hall–Kier alpha value is -6.01. The summed E-state index contributed by atoms with van der Waals surface area (Å²) in [7, 11) is 0. The average molecular weight is 765 g/mol. The molecule has 0 aliphatic carbocycles. The van der Waals surface area contributed by atoms with Gasteiger partial charge in [-0.05, 0) is 131 Å². The molecule has 0 saturated heterocycles. The van der Waals surface area contributed by atoms with Crippen LogP contribution in [0.4, 0.5) is 0 Å². The normalized spacial score (nSPS) is 11.8. The molecule has 6 heteroatoms. The third-order valence-corrected chi connectivity index (χ3v) is 11.9. The lowest BCUT2D eigenvalue weighted by atomic mass is 9.76. The van der Waals surface area contributed by atoms with Gasteiger partial charge in [-0.3, -0.25) is 4.79 Å². The molecule has 6 aromatic carbocycles. The molecule has 296 valence electrons. The second-order valence-corrected chi connectivity index (χ2v) is 16.9. The predicted molar refractivity (Wildman–Crippen MR) is 231 cm³/mol. The van der Waals surface area contributed by atoms with Gasteiger partial charge in [0.15, 0.2) is 6.29 Å². The SMILES string of the molecule is Cc1cc(C(C)(C)c2ccc(Cc3cc(C(C)(C)c4ccc(O)c(C)c4)ccc3O)c(C)c2)ccc1O.Cc1cc(C(C)(C)c2ccc(O)c(C=O)c2)ccc1O. The highest BCUT2D eigenvalue weighted by Gasteiger charge is 2.27. The van der Waals surface area contributed by atoms with Gasteiger partial charge in [-0.1, -0.05) is 114 Å². The predicted octanol–water partition coefficient (Wildman–Crippen LogP) is 11.5. The van der Waals surface area contributed by atoms with Crippen molar-refractivity contribution in [1.29, 1.82) is 0 Å². The first-order valence-corrected chi connectivity index (χ1v) is 19.3. The van der Waals surface area contributed by atoms with Crippen LogP contribution >= 0.6 is 0 Å². The van der Waals surface area contributed by atoms with Crippen molar-refractivity contribution < 1.29 is 30.3 Å². The molecular formula is C51H56O6. The largest absolute Gasteiger partial charge is 0.508 e. The van der Waals surface area contributed by atoms with E-state index in [1.54, 1.807) is 30.3 Å². The van der Waals surface area contributed by atoms with Crippen LogP contribution in [0.5, 0.6) is 28.7 Å². The van der Waals surface area contributed by atoms with Crippen LogP contribution < -0.4 is 0 Å². The van der Waals surface area contributed by atoms with E-state index in [-0.39, 0.29) is 33.3 Å². The zero-order chi connectivity index (χ0) is 42.0. The minimum atomic E-state index is -0.329. The Labute approximate surface area is 337 Å². The molecule has 6 rings (SSSR count). The molecule has 0 heterocycles. The van der Waals surface area contributed by atoms with Gasteiger partial charge < -0.3 is 25.5 Å². The maximum atomic E-state index is 10.9. The molecule has 5 N–H and O–H groups in total. The van der Waals surface area contributed by atoms with Gasteiger partial charge in [0, 0.05) is 22.7 Å². The van der Waals surface area contributed by atoms with Crippen molar-refractivity contribution in [3.8, 4) is 28.7 Å². The molecule has 0 aliphatic heterocycles. The highest BCUT2D eigenvalue weighted by atomic mass is 16.3. The number of hydrogen-bond acceptors (Lipinski definition) is 6. The van der Waals surface area contributed by atoms with Gasteiger partial charge in [0.25, 0.3) is 0 Å². The van der Waals surface area contributed by atoms with E-state index < -0.39 is 0 Å². The van der Waals surface area contributed by atoms with Gasteiger partial charge in [-0.25, -0.2) is 0 Å². The van der Waals surface area contributed by atoms with Crippen LogP contribution in [0.25, 0.3) is 0 Å². The van der Waals surface area contributed by atoms with E-state index in [1.165, 1.54) is 22.8 Å². The number of aldehydes is 1. The average Bonchev–Trinajstić information content (AvgIpc) is 3.16. The summed E-state index contributed by atoms with van der Waals surface area (Å²) in [6, 6.07) is 34.5. The lowest BCUT2D eigenvalue weighted by Gasteiger charge is -2.28. The zero-order valence-corrected chi connectivity index (χ0v) is 34.8. The fraction of sp³-hybridized carbons (Fsp3) is 0.275. The van der Waals surface area contributed by atoms with Gasteiger partial charge in [-0.15, -0.1) is 0 Å². The van der Waals surface area contributed by atoms with Gasteiger partial charge in [0.05, 0.1) is 5.56 Å². The molecule has 0 amide bonds. The molecule has 6 aromatic rings. The topological polar surface area (TPSA) is 118 Å². The monoisotopic (exact) mass is 764 g/mol. The lowest BCUT2D eigenvalue weighted by Crippen LogP contribution is -2.20. The minimum Gasteiger partial charge on any atom is -0.508 e. The lowest BCUT2D eigenvalue weighted by molar-refractivity contribution is 0.112. The molecule has 6 nitrogen and oxygen atoms in total. The number of carbonyl (C=O) groups excluding carboxylic acids is 1. The molecule has 57 heavy (non-hydrogen) atoms. The Bertz CT molecular complexity index is 2430. The Morgan fingerprint density at radius 2 is 0.702 bits per heavy atom. The standard InChI is InChI=1S/C34H38O3.C17H18O3/c1-21-16-26(33(4,5)27-10-13-30(35)22(2)17-27)9-8-24(21)19-25-20-29(12-15-32(25)37)34(6,7)28-11-14-31(36)23(3)18-28;1-11-8-13(4-6-15(11)19)17(2,3)14-5-7-16(20)12(9-14)10-18/h8-18,20,35-37H,19H2,1-7H3;4-10,19-20H,1-3H3. The number of benzene rings is 6. The van der Waals surface area contributed by atoms with Crippen molar-refractivity contribution in [2.24, 2.45) is 0 Å². The number of aryl methyl sites for hydroxylation is 4. The maximum absolute atomic E-state index is 10.9. The number of aromatic hydroxyl groups is 5. The number of phenols is 5. The van der Waals surface area contributed by atoms with Crippen LogP contribution in [0.1, 0.15) is 119 Å². The summed E-state index contributed by atoms with van der Waals surface area (Å²) in [6.07, 6.45) is 1.28. The van der Waals surface area contributed by atoms with Crippen LogP contribution in [-0.2, 0) is 22.7 Å². The number of rotatable bonds is 9. The van der Waals surface area contributed by atoms with Crippen molar-refractivity contribution in [2.45, 2.75) is 91.9 Å². The van der Waals surface area contributed by atoms with E-state index in [1.807, 2.05) is 77.1 Å². The Kier molecular flexibility index (Phi) is 12.0. The molecule has 0 saturated carbocycles. The van der Waals surface area contributed by atoms with Crippen molar-refractivity contribution in [2.75, 3.05) is 0 Å². The first-order chi connectivity index (χ1) is 26.7. The summed E-state index contributed by atoms with van der Waals surface area (Å²) in [5, 5.41) is 49.9. The third-order valence-electron chi connectivity index (χ3n) is 11.9. The van der Waals surface area contributed by atoms with Gasteiger partial charge in [0.1, 0.15) is 28.7 Å². The molecule has 0 bridgehead atoms. The fourth-order valence-electron chi connectivity index (χ4n) is 7.27. The molecule has 0 fully saturated rings. The molecule has 0 spiro atoms. The summed E-state index contributed by atoms with van der Waals surface area (Å²) in [5.74, 6) is 1.17. The molecule has 0 radical (unpaired) electrons. The summed E-state index contributed by atoms with van der Waals surface area (Å²) in [6.45, 7) is 20.6. The van der Waals surface area contributed by atoms with Crippen LogP contribution in [-0.4, -0.2) is 31.8 Å². The second-order valence-electron chi connectivity index (χ2n) is 16.9. The fourth-order valence-corrected chi connectivity index (χ4v) is 7.27. The summed E-state index contributed by atoms with van der Waals surface area (Å²) in [4.78, 5) is 10.9. The van der Waals surface area contributed by atoms with E-state index in [0.29, 0.717) is 30.0 Å². The highest BCUT2D eigenvalue weighted by Crippen LogP contribution is 2.39. The highest BCUT2D eigenvalue weighted by molar-refractivity contribution is 5.79. The van der Waals surface area contributed by atoms with Crippen LogP contribution in [0.2, 0.25) is 0 Å². The quantitative estimate of drug-likeness (QED) is 0.0936. The van der Waals surface area contributed by atoms with Crippen LogP contribution in [0.15, 0.2) is 109 Å². The van der Waals surface area contributed by atoms with Crippen LogP contribution in [0, 0.1) is 27.7 Å². The Balaban J connectivity index is 0.000000261. The second kappa shape index (κ2) is 16.2. The Morgan fingerprint density at radius 1 is 0.386 bits per heavy atom. The minimum absolute atomic E-state index is 0.0126. The maximum Gasteiger partial charge on any atom is 0.153 e. The first-order valence-electron chi connectivity index (χ1n) is 19.3. The number of carbonyl (C=O) groups is 1. The first kappa shape index (κ1) is 42.1. The molecule has 0 aliphatic rings. The van der Waals surface area contributed by atoms with E-state index >= 15 is 0 Å². The molecule has 0 aromatic heterocycles. The van der Waals surface area contributed by atoms with E-state index in [4.69, 9.17) is 0 Å². The summed E-state index contributed by atoms with van der Waals surface area (Å²) < 4.78 is 0. The van der Waals surface area contributed by atoms with Gasteiger partial charge >= 0.3 is 0 Å². The molecule has 0 unspecified atom stereocenters. The van der Waals surface area contributed by atoms with Crippen LogP contribution in [0.3, 0.4) is 0 Å². The van der Waals surface area contributed by atoms with E-state index in [9.17, 15) is 30.3 Å². The smallest absolute Gasteiger partial charge is 0.153 e. The number of hydrogen-bond donors (Lipinski definition) is 5. The van der Waals surface area contributed by atoms with E-state index in [2.05, 4.69) is 65.0 Å². The van der Waals surface area contributed by atoms with Gasteiger partial charge in [0.2, 0.25) is 0 Å². The van der Waals surface area contributed by atoms with Crippen molar-refractivity contribution in [1.82, 2.24) is 0 Å². The molecular weight excluding hydrogens is 709 g/mol. The zero-order valence-electron chi connectivity index (χ0n) is 34.8. The van der Waals surface area contributed by atoms with Crippen molar-refractivity contribution in [3.05, 3.63) is 182 Å². The summed E-state index contributed by atoms with van der Waals surface area (Å²) in [5.41, 5.74) is 11.8. The third kappa shape index (κ3) is 8.86. The summed E-state index contributed by atoms with van der Waals surface area (Å²) >= 11 is 0. The van der Waals surface area contributed by atoms with Gasteiger partial charge in [-0.2, -0.15) is 0 Å². The Morgan fingerprint density at radius 3 is 1.07 bits per heavy atom.